The van der Waals surface area contributed by atoms with Gasteiger partial charge in [0.25, 0.3) is 5.91 Å². The van der Waals surface area contributed by atoms with Crippen LogP contribution in [0.3, 0.4) is 0 Å². The maximum Gasteiger partial charge on any atom is 0.417 e. The highest BCUT2D eigenvalue weighted by atomic mass is 35.5. The Morgan fingerprint density at radius 2 is 1.69 bits per heavy atom. The minimum atomic E-state index is -4.51. The molecule has 0 atom stereocenters. The molecule has 0 aliphatic heterocycles. The number of alkyl halides is 3. The van der Waals surface area contributed by atoms with Gasteiger partial charge in [-0.3, -0.25) is 9.78 Å². The molecule has 0 saturated heterocycles. The topological polar surface area (TPSA) is 51.2 Å². The highest BCUT2D eigenvalue weighted by Crippen LogP contribution is 2.31. The molecule has 0 radical (unpaired) electrons. The second kappa shape index (κ2) is 8.71. The highest BCUT2D eigenvalue weighted by Gasteiger charge is 2.31. The molecule has 0 fully saturated rings. The van der Waals surface area contributed by atoms with Crippen molar-refractivity contribution in [2.45, 2.75) is 12.8 Å². The third-order valence-corrected chi connectivity index (χ3v) is 4.42. The Morgan fingerprint density at radius 1 is 1.03 bits per heavy atom. The number of hydrogen-bond acceptors (Lipinski definition) is 3. The van der Waals surface area contributed by atoms with Gasteiger partial charge in [-0.1, -0.05) is 23.2 Å². The summed E-state index contributed by atoms with van der Waals surface area (Å²) >= 11 is 11.7. The van der Waals surface area contributed by atoms with Crippen molar-refractivity contribution < 1.29 is 22.7 Å². The smallest absolute Gasteiger partial charge is 0.417 e. The van der Waals surface area contributed by atoms with Crippen LogP contribution in [0.5, 0.6) is 5.75 Å². The van der Waals surface area contributed by atoms with Gasteiger partial charge in [0.2, 0.25) is 0 Å². The fraction of sp³-hybridized carbons (Fsp3) is 0.100. The van der Waals surface area contributed by atoms with Gasteiger partial charge in [-0.2, -0.15) is 13.2 Å². The summed E-state index contributed by atoms with van der Waals surface area (Å²) in [6.45, 7) is -0.104. The average molecular weight is 441 g/mol. The van der Waals surface area contributed by atoms with Crippen molar-refractivity contribution in [3.8, 4) is 5.75 Å². The summed E-state index contributed by atoms with van der Waals surface area (Å²) < 4.78 is 43.4. The van der Waals surface area contributed by atoms with Crippen LogP contribution in [0.4, 0.5) is 18.9 Å². The summed E-state index contributed by atoms with van der Waals surface area (Å²) in [6, 6.07) is 13.7. The first-order valence-electron chi connectivity index (χ1n) is 8.24. The van der Waals surface area contributed by atoms with Gasteiger partial charge in [0.15, 0.2) is 0 Å². The summed E-state index contributed by atoms with van der Waals surface area (Å²) in [7, 11) is 0. The van der Waals surface area contributed by atoms with Crippen LogP contribution in [-0.4, -0.2) is 10.9 Å². The molecule has 1 amide bonds. The molecular weight excluding hydrogens is 428 g/mol. The molecule has 3 aromatic rings. The minimum Gasteiger partial charge on any atom is -0.487 e. The predicted molar refractivity (Wildman–Crippen MR) is 104 cm³/mol. The fourth-order valence-corrected chi connectivity index (χ4v) is 2.67. The zero-order valence-electron chi connectivity index (χ0n) is 14.6. The first-order chi connectivity index (χ1) is 13.7. The van der Waals surface area contributed by atoms with Crippen LogP contribution in [0.1, 0.15) is 21.6 Å². The lowest BCUT2D eigenvalue weighted by molar-refractivity contribution is -0.137. The van der Waals surface area contributed by atoms with E-state index >= 15 is 0 Å². The van der Waals surface area contributed by atoms with Gasteiger partial charge >= 0.3 is 6.18 Å². The van der Waals surface area contributed by atoms with Gasteiger partial charge in [0.1, 0.15) is 12.4 Å². The van der Waals surface area contributed by atoms with Crippen LogP contribution in [-0.2, 0) is 12.8 Å². The molecule has 9 heteroatoms. The molecule has 1 N–H and O–H groups in total. The number of nitrogens with one attached hydrogen (secondary N) is 1. The van der Waals surface area contributed by atoms with Crippen molar-refractivity contribution in [2.75, 3.05) is 5.32 Å². The van der Waals surface area contributed by atoms with E-state index < -0.39 is 11.7 Å². The van der Waals surface area contributed by atoms with Crippen molar-refractivity contribution in [2.24, 2.45) is 0 Å². The van der Waals surface area contributed by atoms with Gasteiger partial charge < -0.3 is 10.1 Å². The third-order valence-electron chi connectivity index (χ3n) is 3.84. The van der Waals surface area contributed by atoms with Gasteiger partial charge in [-0.25, -0.2) is 0 Å². The summed E-state index contributed by atoms with van der Waals surface area (Å²) in [4.78, 5) is 15.9. The van der Waals surface area contributed by atoms with Crippen LogP contribution in [0.25, 0.3) is 0 Å². The van der Waals surface area contributed by atoms with Crippen LogP contribution < -0.4 is 10.1 Å². The first kappa shape index (κ1) is 21.0. The Balaban J connectivity index is 1.59. The molecular formula is C20H13Cl2F3N2O2. The van der Waals surface area contributed by atoms with Crippen LogP contribution in [0, 0.1) is 0 Å². The Morgan fingerprint density at radius 3 is 2.28 bits per heavy atom. The number of halogens is 5. The van der Waals surface area contributed by atoms with E-state index in [1.54, 1.807) is 48.5 Å². The fourth-order valence-electron chi connectivity index (χ4n) is 2.32. The lowest BCUT2D eigenvalue weighted by Gasteiger charge is -2.11. The molecule has 4 nitrogen and oxygen atoms in total. The molecule has 3 rings (SSSR count). The van der Waals surface area contributed by atoms with Crippen LogP contribution >= 0.6 is 23.2 Å². The van der Waals surface area contributed by atoms with E-state index in [-0.39, 0.29) is 23.2 Å². The Bertz CT molecular complexity index is 1010. The summed E-state index contributed by atoms with van der Waals surface area (Å²) in [5, 5.41) is 3.13. The van der Waals surface area contributed by atoms with Crippen molar-refractivity contribution in [1.82, 2.24) is 4.98 Å². The maximum absolute atomic E-state index is 12.6. The summed E-state index contributed by atoms with van der Waals surface area (Å²) in [5.74, 6) is 0.142. The molecule has 0 bridgehead atoms. The van der Waals surface area contributed by atoms with E-state index in [0.717, 1.165) is 6.07 Å². The molecule has 29 heavy (non-hydrogen) atoms. The van der Waals surface area contributed by atoms with Crippen LogP contribution in [0.2, 0.25) is 10.0 Å². The maximum atomic E-state index is 12.6. The lowest BCUT2D eigenvalue weighted by atomic mass is 10.2. The number of aromatic nitrogens is 1. The highest BCUT2D eigenvalue weighted by molar-refractivity contribution is 6.31. The number of rotatable bonds is 5. The largest absolute Gasteiger partial charge is 0.487 e. The zero-order chi connectivity index (χ0) is 21.0. The number of anilines is 1. The Hall–Kier alpha value is -2.77. The number of ether oxygens (including phenoxy) is 1. The van der Waals surface area contributed by atoms with E-state index in [0.29, 0.717) is 28.2 Å². The number of pyridine rings is 1. The average Bonchev–Trinajstić information content (AvgIpc) is 2.68. The Labute approximate surface area is 174 Å². The SMILES string of the molecule is O=C(Nc1ccc(OCc2ncc(C(F)(F)F)cc2Cl)cc1)c1ccc(Cl)cc1. The van der Waals surface area contributed by atoms with Crippen molar-refractivity contribution in [1.29, 1.82) is 0 Å². The quantitative estimate of drug-likeness (QED) is 0.510. The number of amides is 1. The Kier molecular flexibility index (Phi) is 6.30. The number of benzene rings is 2. The summed E-state index contributed by atoms with van der Waals surface area (Å²) in [5.41, 5.74) is 0.257. The van der Waals surface area contributed by atoms with Gasteiger partial charge in [-0.15, -0.1) is 0 Å². The molecule has 2 aromatic carbocycles. The number of nitrogens with zero attached hydrogens (tertiary/aromatic N) is 1. The molecule has 0 unspecified atom stereocenters. The standard InChI is InChI=1S/C20H13Cl2F3N2O2/c21-14-3-1-12(2-4-14)19(28)27-15-5-7-16(8-6-15)29-11-18-17(22)9-13(10-26-18)20(23,24)25/h1-10H,11H2,(H,27,28). The molecule has 1 heterocycles. The second-order valence-corrected chi connectivity index (χ2v) is 6.77. The second-order valence-electron chi connectivity index (χ2n) is 5.92. The normalized spacial score (nSPS) is 11.2. The van der Waals surface area contributed by atoms with Gasteiger partial charge in [-0.05, 0) is 54.6 Å². The van der Waals surface area contributed by atoms with E-state index in [2.05, 4.69) is 10.3 Å². The number of carbonyl (C=O) groups is 1. The lowest BCUT2D eigenvalue weighted by Crippen LogP contribution is -2.11. The molecule has 150 valence electrons. The predicted octanol–water partition coefficient (Wildman–Crippen LogP) is 6.24. The van der Waals surface area contributed by atoms with Crippen molar-refractivity contribution in [3.63, 3.8) is 0 Å². The molecule has 0 aliphatic rings. The molecule has 0 saturated carbocycles. The van der Waals surface area contributed by atoms with Crippen LogP contribution in [0.15, 0.2) is 60.8 Å². The van der Waals surface area contributed by atoms with Gasteiger partial charge in [0, 0.05) is 22.5 Å². The first-order valence-corrected chi connectivity index (χ1v) is 8.99. The van der Waals surface area contributed by atoms with E-state index in [4.69, 9.17) is 27.9 Å². The minimum absolute atomic E-state index is 0.104. The third kappa shape index (κ3) is 5.62. The van der Waals surface area contributed by atoms with Crippen molar-refractivity contribution in [3.05, 3.63) is 87.7 Å². The van der Waals surface area contributed by atoms with E-state index in [9.17, 15) is 18.0 Å². The zero-order valence-corrected chi connectivity index (χ0v) is 16.1. The van der Waals surface area contributed by atoms with E-state index in [1.807, 2.05) is 0 Å². The molecule has 1 aromatic heterocycles. The van der Waals surface area contributed by atoms with E-state index in [1.165, 1.54) is 0 Å². The molecule has 0 spiro atoms. The van der Waals surface area contributed by atoms with Gasteiger partial charge in [0.05, 0.1) is 16.3 Å². The number of hydrogen-bond donors (Lipinski definition) is 1. The number of carbonyl (C=O) groups excluding carboxylic acids is 1. The van der Waals surface area contributed by atoms with Crippen molar-refractivity contribution >= 4 is 34.8 Å². The summed E-state index contributed by atoms with van der Waals surface area (Å²) in [6.07, 6.45) is -3.80. The molecule has 0 aliphatic carbocycles. The monoisotopic (exact) mass is 440 g/mol.